The summed E-state index contributed by atoms with van der Waals surface area (Å²) >= 11 is 12.0. The lowest BCUT2D eigenvalue weighted by Gasteiger charge is -2.18. The Bertz CT molecular complexity index is 1160. The van der Waals surface area contributed by atoms with E-state index in [1.54, 1.807) is 31.2 Å². The highest BCUT2D eigenvalue weighted by Gasteiger charge is 2.20. The van der Waals surface area contributed by atoms with E-state index in [0.717, 1.165) is 10.6 Å². The molecule has 0 aliphatic heterocycles. The van der Waals surface area contributed by atoms with Crippen molar-refractivity contribution >= 4 is 40.0 Å². The third kappa shape index (κ3) is 3.74. The quantitative estimate of drug-likeness (QED) is 0.649. The number of rotatable bonds is 4. The molecule has 140 valence electrons. The number of benzene rings is 2. The molecular formula is C18H14Cl2FN3O3. The Balaban J connectivity index is 1.87. The van der Waals surface area contributed by atoms with E-state index >= 15 is 0 Å². The average molecular weight is 410 g/mol. The van der Waals surface area contributed by atoms with Gasteiger partial charge in [0, 0.05) is 10.6 Å². The van der Waals surface area contributed by atoms with Crippen LogP contribution in [0.3, 0.4) is 0 Å². The number of carbonyl (C=O) groups excluding carboxylic acids is 1. The molecule has 6 nitrogen and oxygen atoms in total. The molecule has 9 heteroatoms. The SMILES string of the molecule is CC(NC(=O)Cn1c(=O)[nH]c2ccccc2c1=O)c1c(Cl)ccc(F)c1Cl. The first-order valence-electron chi connectivity index (χ1n) is 7.94. The number of nitrogens with zero attached hydrogens (tertiary/aromatic N) is 1. The van der Waals surface area contributed by atoms with E-state index in [-0.39, 0.29) is 21.0 Å². The van der Waals surface area contributed by atoms with Crippen molar-refractivity contribution in [2.45, 2.75) is 19.5 Å². The molecule has 1 amide bonds. The first-order valence-corrected chi connectivity index (χ1v) is 8.69. The van der Waals surface area contributed by atoms with Crippen LogP contribution in [0, 0.1) is 5.82 Å². The Labute approximate surface area is 162 Å². The molecule has 3 rings (SSSR count). The van der Waals surface area contributed by atoms with E-state index < -0.39 is 35.6 Å². The van der Waals surface area contributed by atoms with Gasteiger partial charge in [-0.3, -0.25) is 14.2 Å². The third-order valence-corrected chi connectivity index (χ3v) is 4.79. The molecule has 1 heterocycles. The van der Waals surface area contributed by atoms with Gasteiger partial charge in [-0.15, -0.1) is 0 Å². The minimum atomic E-state index is -0.733. The van der Waals surface area contributed by atoms with Gasteiger partial charge in [0.25, 0.3) is 5.56 Å². The molecule has 2 N–H and O–H groups in total. The Morgan fingerprint density at radius 2 is 1.93 bits per heavy atom. The molecule has 0 bridgehead atoms. The first-order chi connectivity index (χ1) is 12.8. The van der Waals surface area contributed by atoms with Crippen LogP contribution in [-0.2, 0) is 11.3 Å². The molecule has 1 unspecified atom stereocenters. The van der Waals surface area contributed by atoms with Crippen molar-refractivity contribution in [2.24, 2.45) is 0 Å². The average Bonchev–Trinajstić information content (AvgIpc) is 2.62. The van der Waals surface area contributed by atoms with Gasteiger partial charge in [0.2, 0.25) is 5.91 Å². The van der Waals surface area contributed by atoms with Crippen LogP contribution in [0.4, 0.5) is 4.39 Å². The van der Waals surface area contributed by atoms with Gasteiger partial charge in [-0.25, -0.2) is 9.18 Å². The number of H-pyrrole nitrogens is 1. The number of nitrogens with one attached hydrogen (secondary N) is 2. The highest BCUT2D eigenvalue weighted by Crippen LogP contribution is 2.32. The summed E-state index contributed by atoms with van der Waals surface area (Å²) < 4.78 is 14.5. The number of aromatic amines is 1. The van der Waals surface area contributed by atoms with Crippen LogP contribution >= 0.6 is 23.2 Å². The lowest BCUT2D eigenvalue weighted by molar-refractivity contribution is -0.122. The van der Waals surface area contributed by atoms with Crippen molar-refractivity contribution in [3.05, 3.63) is 78.7 Å². The van der Waals surface area contributed by atoms with Gasteiger partial charge in [0.15, 0.2) is 0 Å². The molecule has 3 aromatic rings. The molecule has 0 radical (unpaired) electrons. The summed E-state index contributed by atoms with van der Waals surface area (Å²) in [5.74, 6) is -1.29. The molecule has 1 atom stereocenters. The minimum absolute atomic E-state index is 0.190. The van der Waals surface area contributed by atoms with Gasteiger partial charge < -0.3 is 10.3 Å². The van der Waals surface area contributed by atoms with Crippen molar-refractivity contribution in [3.8, 4) is 0 Å². The fraction of sp³-hybridized carbons (Fsp3) is 0.167. The second kappa shape index (κ2) is 7.54. The van der Waals surface area contributed by atoms with Crippen molar-refractivity contribution in [1.82, 2.24) is 14.9 Å². The maximum absolute atomic E-state index is 13.7. The maximum Gasteiger partial charge on any atom is 0.329 e. The van der Waals surface area contributed by atoms with Gasteiger partial charge in [-0.05, 0) is 31.2 Å². The Morgan fingerprint density at radius 3 is 2.67 bits per heavy atom. The number of aromatic nitrogens is 2. The van der Waals surface area contributed by atoms with Crippen LogP contribution in [-0.4, -0.2) is 15.5 Å². The summed E-state index contributed by atoms with van der Waals surface area (Å²) in [6.07, 6.45) is 0. The molecule has 0 fully saturated rings. The summed E-state index contributed by atoms with van der Waals surface area (Å²) in [5, 5.41) is 2.85. The molecule has 2 aromatic carbocycles. The summed E-state index contributed by atoms with van der Waals surface area (Å²) in [5.41, 5.74) is -0.690. The predicted octanol–water partition coefficient (Wildman–Crippen LogP) is 3.01. The highest BCUT2D eigenvalue weighted by atomic mass is 35.5. The number of amides is 1. The van der Waals surface area contributed by atoms with Crippen LogP contribution in [0.5, 0.6) is 0 Å². The minimum Gasteiger partial charge on any atom is -0.348 e. The van der Waals surface area contributed by atoms with E-state index in [2.05, 4.69) is 10.3 Å². The number of hydrogen-bond acceptors (Lipinski definition) is 3. The smallest absolute Gasteiger partial charge is 0.329 e. The van der Waals surface area contributed by atoms with Gasteiger partial charge in [-0.2, -0.15) is 0 Å². The fourth-order valence-electron chi connectivity index (χ4n) is 2.79. The summed E-state index contributed by atoms with van der Waals surface area (Å²) in [7, 11) is 0. The van der Waals surface area contributed by atoms with Crippen LogP contribution in [0.25, 0.3) is 10.9 Å². The van der Waals surface area contributed by atoms with Gasteiger partial charge in [-0.1, -0.05) is 35.3 Å². The number of para-hydroxylation sites is 1. The summed E-state index contributed by atoms with van der Waals surface area (Å²) in [6, 6.07) is 8.21. The maximum atomic E-state index is 13.7. The van der Waals surface area contributed by atoms with Crippen molar-refractivity contribution in [3.63, 3.8) is 0 Å². The second-order valence-corrected chi connectivity index (χ2v) is 6.70. The van der Waals surface area contributed by atoms with Gasteiger partial charge >= 0.3 is 5.69 Å². The van der Waals surface area contributed by atoms with Crippen molar-refractivity contribution in [1.29, 1.82) is 0 Å². The van der Waals surface area contributed by atoms with Crippen LogP contribution in [0.2, 0.25) is 10.0 Å². The highest BCUT2D eigenvalue weighted by molar-refractivity contribution is 6.36. The first kappa shape index (κ1) is 19.1. The fourth-order valence-corrected chi connectivity index (χ4v) is 3.48. The van der Waals surface area contributed by atoms with Crippen LogP contribution in [0.1, 0.15) is 18.5 Å². The molecular weight excluding hydrogens is 396 g/mol. The van der Waals surface area contributed by atoms with Crippen LogP contribution in [0.15, 0.2) is 46.0 Å². The van der Waals surface area contributed by atoms with E-state index in [1.807, 2.05) is 0 Å². The normalized spacial score (nSPS) is 12.1. The standard InChI is InChI=1S/C18H14Cl2FN3O3/c1-9(15-11(19)6-7-12(21)16(15)20)22-14(25)8-24-17(26)10-4-2-3-5-13(10)23-18(24)27/h2-7,9H,8H2,1H3,(H,22,25)(H,23,27). The zero-order chi connectivity index (χ0) is 19.7. The summed E-state index contributed by atoms with van der Waals surface area (Å²) in [6.45, 7) is 1.06. The molecule has 0 saturated carbocycles. The van der Waals surface area contributed by atoms with Crippen molar-refractivity contribution in [2.75, 3.05) is 0 Å². The number of fused-ring (bicyclic) bond motifs is 1. The monoisotopic (exact) mass is 409 g/mol. The molecule has 1 aromatic heterocycles. The Hall–Kier alpha value is -2.64. The van der Waals surface area contributed by atoms with E-state index in [9.17, 15) is 18.8 Å². The number of halogens is 3. The molecule has 0 aliphatic rings. The Morgan fingerprint density at radius 1 is 1.22 bits per heavy atom. The van der Waals surface area contributed by atoms with E-state index in [0.29, 0.717) is 5.52 Å². The lowest BCUT2D eigenvalue weighted by Crippen LogP contribution is -2.41. The van der Waals surface area contributed by atoms with Gasteiger partial charge in [0.05, 0.1) is 22.0 Å². The zero-order valence-electron chi connectivity index (χ0n) is 14.1. The number of hydrogen-bond donors (Lipinski definition) is 2. The lowest BCUT2D eigenvalue weighted by atomic mass is 10.1. The molecule has 27 heavy (non-hydrogen) atoms. The van der Waals surface area contributed by atoms with E-state index in [1.165, 1.54) is 6.07 Å². The molecule has 0 spiro atoms. The molecule has 0 saturated heterocycles. The second-order valence-electron chi connectivity index (χ2n) is 5.91. The van der Waals surface area contributed by atoms with E-state index in [4.69, 9.17) is 23.2 Å². The van der Waals surface area contributed by atoms with Gasteiger partial charge in [0.1, 0.15) is 12.4 Å². The predicted molar refractivity (Wildman–Crippen MR) is 102 cm³/mol. The van der Waals surface area contributed by atoms with Crippen LogP contribution < -0.4 is 16.6 Å². The number of carbonyl (C=O) groups is 1. The zero-order valence-corrected chi connectivity index (χ0v) is 15.6. The Kier molecular flexibility index (Phi) is 5.34. The van der Waals surface area contributed by atoms with Crippen molar-refractivity contribution < 1.29 is 9.18 Å². The molecule has 0 aliphatic carbocycles. The topological polar surface area (TPSA) is 84.0 Å². The summed E-state index contributed by atoms with van der Waals surface area (Å²) in [4.78, 5) is 39.5. The third-order valence-electron chi connectivity index (χ3n) is 4.08. The largest absolute Gasteiger partial charge is 0.348 e.